The molecule has 7 nitrogen and oxygen atoms in total. The predicted molar refractivity (Wildman–Crippen MR) is 83.1 cm³/mol. The summed E-state index contributed by atoms with van der Waals surface area (Å²) in [6, 6.07) is 1.65. The first-order valence-electron chi connectivity index (χ1n) is 6.54. The van der Waals surface area contributed by atoms with Gasteiger partial charge in [0.1, 0.15) is 5.52 Å². The zero-order valence-corrected chi connectivity index (χ0v) is 12.5. The molecule has 0 saturated heterocycles. The quantitative estimate of drug-likeness (QED) is 0.761. The summed E-state index contributed by atoms with van der Waals surface area (Å²) in [5.74, 6) is -0.0495. The number of nitrogens with two attached hydrogens (primary N) is 1. The SMILES string of the molecule is CN(CCC(N)=S)C(=O)CCn1ccn2nccc2c1=O. The van der Waals surface area contributed by atoms with E-state index in [-0.39, 0.29) is 17.9 Å². The molecule has 2 N–H and O–H groups in total. The maximum atomic E-state index is 12.1. The van der Waals surface area contributed by atoms with Crippen LogP contribution in [0.3, 0.4) is 0 Å². The average molecular weight is 307 g/mol. The molecule has 2 aromatic heterocycles. The van der Waals surface area contributed by atoms with E-state index >= 15 is 0 Å². The van der Waals surface area contributed by atoms with Crippen LogP contribution in [0.15, 0.2) is 29.5 Å². The third kappa shape index (κ3) is 3.66. The number of fused-ring (bicyclic) bond motifs is 1. The second-order valence-corrected chi connectivity index (χ2v) is 5.26. The predicted octanol–water partition coefficient (Wildman–Crippen LogP) is 0.0207. The number of thiocarbonyl (C=S) groups is 1. The van der Waals surface area contributed by atoms with Gasteiger partial charge in [-0.25, -0.2) is 4.52 Å². The number of carbonyl (C=O) groups is 1. The van der Waals surface area contributed by atoms with Crippen molar-refractivity contribution in [3.8, 4) is 0 Å². The molecule has 0 unspecified atom stereocenters. The number of aryl methyl sites for hydroxylation is 1. The molecule has 0 saturated carbocycles. The summed E-state index contributed by atoms with van der Waals surface area (Å²) in [5, 5.41) is 3.99. The summed E-state index contributed by atoms with van der Waals surface area (Å²) in [4.78, 5) is 26.1. The van der Waals surface area contributed by atoms with Crippen LogP contribution < -0.4 is 11.3 Å². The van der Waals surface area contributed by atoms with Gasteiger partial charge in [-0.3, -0.25) is 9.59 Å². The molecule has 2 rings (SSSR count). The van der Waals surface area contributed by atoms with Gasteiger partial charge in [0, 0.05) is 45.4 Å². The molecule has 0 aliphatic heterocycles. The standard InChI is InChI=1S/C13H17N5O2S/c1-16(6-3-11(14)21)12(19)4-7-17-8-9-18-10(13(17)20)2-5-15-18/h2,5,8-9H,3-4,6-7H2,1H3,(H2,14,21). The Morgan fingerprint density at radius 2 is 2.19 bits per heavy atom. The third-order valence-electron chi connectivity index (χ3n) is 3.22. The summed E-state index contributed by atoms with van der Waals surface area (Å²) >= 11 is 4.78. The van der Waals surface area contributed by atoms with E-state index in [0.29, 0.717) is 30.0 Å². The fourth-order valence-electron chi connectivity index (χ4n) is 1.95. The molecular weight excluding hydrogens is 290 g/mol. The van der Waals surface area contributed by atoms with Gasteiger partial charge in [-0.2, -0.15) is 5.10 Å². The number of aromatic nitrogens is 3. The molecule has 0 aliphatic rings. The molecule has 1 amide bonds. The monoisotopic (exact) mass is 307 g/mol. The van der Waals surface area contributed by atoms with Crippen molar-refractivity contribution in [3.63, 3.8) is 0 Å². The van der Waals surface area contributed by atoms with Gasteiger partial charge in [0.05, 0.1) is 11.2 Å². The first kappa shape index (κ1) is 15.2. The number of hydrogen-bond acceptors (Lipinski definition) is 4. The van der Waals surface area contributed by atoms with Crippen LogP contribution in [0, 0.1) is 0 Å². The van der Waals surface area contributed by atoms with Gasteiger partial charge in [-0.05, 0) is 6.07 Å². The van der Waals surface area contributed by atoms with Crippen molar-refractivity contribution in [1.29, 1.82) is 0 Å². The molecule has 0 atom stereocenters. The minimum atomic E-state index is -0.159. The van der Waals surface area contributed by atoms with Crippen molar-refractivity contribution in [1.82, 2.24) is 19.1 Å². The zero-order valence-electron chi connectivity index (χ0n) is 11.7. The first-order valence-corrected chi connectivity index (χ1v) is 6.95. The Balaban J connectivity index is 1.98. The topological polar surface area (TPSA) is 85.6 Å². The second-order valence-electron chi connectivity index (χ2n) is 4.74. The molecule has 21 heavy (non-hydrogen) atoms. The lowest BCUT2D eigenvalue weighted by Crippen LogP contribution is -2.31. The second kappa shape index (κ2) is 6.49. The molecule has 0 spiro atoms. The van der Waals surface area contributed by atoms with Crippen LogP contribution in [0.5, 0.6) is 0 Å². The van der Waals surface area contributed by atoms with Crippen molar-refractivity contribution in [2.45, 2.75) is 19.4 Å². The van der Waals surface area contributed by atoms with Crippen LogP contribution in [0.4, 0.5) is 0 Å². The highest BCUT2D eigenvalue weighted by atomic mass is 32.1. The van der Waals surface area contributed by atoms with Crippen LogP contribution in [-0.2, 0) is 11.3 Å². The van der Waals surface area contributed by atoms with Crippen molar-refractivity contribution >= 4 is 28.6 Å². The Morgan fingerprint density at radius 3 is 2.90 bits per heavy atom. The summed E-state index contributed by atoms with van der Waals surface area (Å²) in [6.45, 7) is 0.821. The number of rotatable bonds is 6. The highest BCUT2D eigenvalue weighted by Gasteiger charge is 2.10. The van der Waals surface area contributed by atoms with E-state index in [2.05, 4.69) is 5.10 Å². The summed E-state index contributed by atoms with van der Waals surface area (Å²) < 4.78 is 3.02. The number of amides is 1. The van der Waals surface area contributed by atoms with E-state index in [1.165, 1.54) is 9.08 Å². The Labute approximate surface area is 127 Å². The lowest BCUT2D eigenvalue weighted by atomic mass is 10.3. The number of carbonyl (C=O) groups excluding carboxylic acids is 1. The van der Waals surface area contributed by atoms with Gasteiger partial charge in [0.15, 0.2) is 0 Å². The van der Waals surface area contributed by atoms with Crippen LogP contribution in [0.25, 0.3) is 5.52 Å². The summed E-state index contributed by atoms with van der Waals surface area (Å²) in [7, 11) is 1.70. The molecule has 0 aliphatic carbocycles. The van der Waals surface area contributed by atoms with Crippen LogP contribution in [0.2, 0.25) is 0 Å². The van der Waals surface area contributed by atoms with E-state index in [9.17, 15) is 9.59 Å². The third-order valence-corrected chi connectivity index (χ3v) is 3.43. The molecule has 2 aromatic rings. The maximum absolute atomic E-state index is 12.1. The van der Waals surface area contributed by atoms with Crippen LogP contribution in [0.1, 0.15) is 12.8 Å². The van der Waals surface area contributed by atoms with Gasteiger partial charge in [-0.15, -0.1) is 0 Å². The van der Waals surface area contributed by atoms with Crippen LogP contribution >= 0.6 is 12.2 Å². The molecule has 2 heterocycles. The van der Waals surface area contributed by atoms with Crippen molar-refractivity contribution in [3.05, 3.63) is 35.0 Å². The Morgan fingerprint density at radius 1 is 1.43 bits per heavy atom. The molecular formula is C13H17N5O2S. The fourth-order valence-corrected chi connectivity index (χ4v) is 2.04. The number of hydrogen-bond donors (Lipinski definition) is 1. The molecule has 0 fully saturated rings. The summed E-state index contributed by atoms with van der Waals surface area (Å²) in [5.41, 5.74) is 5.74. The smallest absolute Gasteiger partial charge is 0.276 e. The number of nitrogens with zero attached hydrogens (tertiary/aromatic N) is 4. The van der Waals surface area contributed by atoms with E-state index in [1.807, 2.05) is 0 Å². The minimum Gasteiger partial charge on any atom is -0.393 e. The van der Waals surface area contributed by atoms with Crippen molar-refractivity contribution in [2.24, 2.45) is 5.73 Å². The van der Waals surface area contributed by atoms with Gasteiger partial charge in [-0.1, -0.05) is 12.2 Å². The van der Waals surface area contributed by atoms with Gasteiger partial charge in [0.25, 0.3) is 5.56 Å². The molecule has 0 aromatic carbocycles. The zero-order chi connectivity index (χ0) is 15.4. The van der Waals surface area contributed by atoms with E-state index < -0.39 is 0 Å². The Kier molecular flexibility index (Phi) is 4.69. The van der Waals surface area contributed by atoms with E-state index in [0.717, 1.165) is 0 Å². The highest BCUT2D eigenvalue weighted by molar-refractivity contribution is 7.80. The van der Waals surface area contributed by atoms with Crippen molar-refractivity contribution < 1.29 is 4.79 Å². The molecule has 0 bridgehead atoms. The fraction of sp³-hybridized carbons (Fsp3) is 0.385. The highest BCUT2D eigenvalue weighted by Crippen LogP contribution is 1.98. The lowest BCUT2D eigenvalue weighted by molar-refractivity contribution is -0.130. The van der Waals surface area contributed by atoms with E-state index in [1.54, 1.807) is 36.6 Å². The lowest BCUT2D eigenvalue weighted by Gasteiger charge is -2.17. The normalized spacial score (nSPS) is 10.7. The molecule has 0 radical (unpaired) electrons. The van der Waals surface area contributed by atoms with Gasteiger partial charge < -0.3 is 15.2 Å². The van der Waals surface area contributed by atoms with Gasteiger partial charge in [0.2, 0.25) is 5.91 Å². The average Bonchev–Trinajstić information content (AvgIpc) is 2.93. The summed E-state index contributed by atoms with van der Waals surface area (Å²) in [6.07, 6.45) is 5.63. The van der Waals surface area contributed by atoms with Gasteiger partial charge >= 0.3 is 0 Å². The van der Waals surface area contributed by atoms with Crippen LogP contribution in [-0.4, -0.2) is 43.6 Å². The minimum absolute atomic E-state index is 0.0495. The van der Waals surface area contributed by atoms with Crippen molar-refractivity contribution in [2.75, 3.05) is 13.6 Å². The van der Waals surface area contributed by atoms with E-state index in [4.69, 9.17) is 18.0 Å². The first-order chi connectivity index (χ1) is 9.99. The Hall–Kier alpha value is -2.22. The maximum Gasteiger partial charge on any atom is 0.276 e. The largest absolute Gasteiger partial charge is 0.393 e. The molecule has 112 valence electrons. The molecule has 8 heteroatoms. The Bertz CT molecular complexity index is 721.